The van der Waals surface area contributed by atoms with Crippen LogP contribution in [0, 0.1) is 0 Å². The van der Waals surface area contributed by atoms with Gasteiger partial charge in [-0.3, -0.25) is 0 Å². The van der Waals surface area contributed by atoms with Gasteiger partial charge in [-0.05, 0) is 12.1 Å². The molecule has 0 unspecified atom stereocenters. The van der Waals surface area contributed by atoms with Crippen molar-refractivity contribution in [2.24, 2.45) is 0 Å². The van der Waals surface area contributed by atoms with Gasteiger partial charge in [0, 0.05) is 18.6 Å². The first-order chi connectivity index (χ1) is 4.39. The molecule has 0 saturated carbocycles. The molecule has 0 saturated heterocycles. The molecular formula is C8H12OV. The minimum absolute atomic E-state index is 0. The zero-order valence-electron chi connectivity index (χ0n) is 6.28. The van der Waals surface area contributed by atoms with Crippen LogP contribution in [0.2, 0.25) is 0 Å². The predicted molar refractivity (Wildman–Crippen MR) is 39.5 cm³/mol. The summed E-state index contributed by atoms with van der Waals surface area (Å²) in [5, 5.41) is 8.63. The first-order valence-corrected chi connectivity index (χ1v) is 3.13. The Morgan fingerprint density at radius 1 is 1.00 bits per heavy atom. The van der Waals surface area contributed by atoms with Crippen LogP contribution in [0.5, 0.6) is 5.75 Å². The third-order valence-electron chi connectivity index (χ3n) is 0.756. The monoisotopic (exact) mass is 175 g/mol. The second kappa shape index (κ2) is 8.60. The van der Waals surface area contributed by atoms with Gasteiger partial charge in [0.25, 0.3) is 0 Å². The van der Waals surface area contributed by atoms with Crippen molar-refractivity contribution >= 4 is 0 Å². The number of benzene rings is 1. The minimum atomic E-state index is 0. The minimum Gasteiger partial charge on any atom is -0.508 e. The van der Waals surface area contributed by atoms with Gasteiger partial charge in [-0.1, -0.05) is 32.0 Å². The summed E-state index contributed by atoms with van der Waals surface area (Å²) in [6.07, 6.45) is 0. The molecule has 0 aliphatic heterocycles. The molecule has 0 bridgehead atoms. The third kappa shape index (κ3) is 5.74. The molecule has 0 heterocycles. The van der Waals surface area contributed by atoms with Crippen LogP contribution in [0.15, 0.2) is 30.3 Å². The van der Waals surface area contributed by atoms with Crippen LogP contribution in [0.3, 0.4) is 0 Å². The van der Waals surface area contributed by atoms with Crippen LogP contribution < -0.4 is 0 Å². The molecule has 0 atom stereocenters. The van der Waals surface area contributed by atoms with Crippen molar-refractivity contribution < 1.29 is 23.7 Å². The van der Waals surface area contributed by atoms with E-state index in [4.69, 9.17) is 5.11 Å². The van der Waals surface area contributed by atoms with E-state index >= 15 is 0 Å². The summed E-state index contributed by atoms with van der Waals surface area (Å²) in [5.74, 6) is 0.322. The molecule has 2 heteroatoms. The Kier molecular flexibility index (Phi) is 10.6. The molecule has 0 fully saturated rings. The smallest absolute Gasteiger partial charge is 0.115 e. The van der Waals surface area contributed by atoms with Crippen molar-refractivity contribution in [1.82, 2.24) is 0 Å². The Bertz CT molecular complexity index is 139. The SMILES string of the molecule is CC.Oc1ccccc1.[V]. The van der Waals surface area contributed by atoms with Crippen molar-refractivity contribution in [2.45, 2.75) is 13.8 Å². The molecule has 55 valence electrons. The van der Waals surface area contributed by atoms with E-state index in [1.807, 2.05) is 19.9 Å². The van der Waals surface area contributed by atoms with E-state index in [2.05, 4.69) is 0 Å². The molecule has 1 nitrogen and oxygen atoms in total. The van der Waals surface area contributed by atoms with E-state index in [1.54, 1.807) is 24.3 Å². The molecule has 0 aromatic heterocycles. The van der Waals surface area contributed by atoms with E-state index in [1.165, 1.54) is 0 Å². The fraction of sp³-hybridized carbons (Fsp3) is 0.250. The third-order valence-corrected chi connectivity index (χ3v) is 0.756. The number of phenols is 1. The fourth-order valence-corrected chi connectivity index (χ4v) is 0.428. The van der Waals surface area contributed by atoms with Gasteiger partial charge in [-0.2, -0.15) is 0 Å². The number of hydrogen-bond donors (Lipinski definition) is 1. The van der Waals surface area contributed by atoms with Crippen LogP contribution in [-0.2, 0) is 18.6 Å². The van der Waals surface area contributed by atoms with Gasteiger partial charge < -0.3 is 5.11 Å². The fourth-order valence-electron chi connectivity index (χ4n) is 0.428. The molecule has 10 heavy (non-hydrogen) atoms. The van der Waals surface area contributed by atoms with E-state index in [9.17, 15) is 0 Å². The summed E-state index contributed by atoms with van der Waals surface area (Å²) in [6.45, 7) is 4.00. The van der Waals surface area contributed by atoms with Gasteiger partial charge in [0.05, 0.1) is 0 Å². The summed E-state index contributed by atoms with van der Waals surface area (Å²) in [6, 6.07) is 8.71. The largest absolute Gasteiger partial charge is 0.508 e. The summed E-state index contributed by atoms with van der Waals surface area (Å²) < 4.78 is 0. The molecule has 1 N–H and O–H groups in total. The Morgan fingerprint density at radius 3 is 1.60 bits per heavy atom. The second-order valence-electron chi connectivity index (χ2n) is 1.34. The Balaban J connectivity index is 0. The van der Waals surface area contributed by atoms with Gasteiger partial charge in [-0.15, -0.1) is 0 Å². The summed E-state index contributed by atoms with van der Waals surface area (Å²) in [4.78, 5) is 0. The van der Waals surface area contributed by atoms with Gasteiger partial charge in [-0.25, -0.2) is 0 Å². The van der Waals surface area contributed by atoms with E-state index in [-0.39, 0.29) is 18.6 Å². The van der Waals surface area contributed by atoms with Crippen LogP contribution in [0.4, 0.5) is 0 Å². The van der Waals surface area contributed by atoms with E-state index in [0.717, 1.165) is 0 Å². The van der Waals surface area contributed by atoms with E-state index < -0.39 is 0 Å². The van der Waals surface area contributed by atoms with Crippen molar-refractivity contribution in [3.63, 3.8) is 0 Å². The van der Waals surface area contributed by atoms with Crippen molar-refractivity contribution in [3.05, 3.63) is 30.3 Å². The topological polar surface area (TPSA) is 20.2 Å². The molecule has 0 aliphatic carbocycles. The Hall–Kier alpha value is -0.396. The summed E-state index contributed by atoms with van der Waals surface area (Å²) in [7, 11) is 0. The molecule has 1 aromatic carbocycles. The maximum Gasteiger partial charge on any atom is 0.115 e. The zero-order chi connectivity index (χ0) is 7.11. The van der Waals surface area contributed by atoms with Crippen molar-refractivity contribution in [2.75, 3.05) is 0 Å². The van der Waals surface area contributed by atoms with E-state index in [0.29, 0.717) is 5.75 Å². The molecule has 0 spiro atoms. The van der Waals surface area contributed by atoms with Crippen LogP contribution in [0.25, 0.3) is 0 Å². The number of aromatic hydroxyl groups is 1. The van der Waals surface area contributed by atoms with Crippen LogP contribution in [0.1, 0.15) is 13.8 Å². The van der Waals surface area contributed by atoms with Gasteiger partial charge in [0.15, 0.2) is 0 Å². The zero-order valence-corrected chi connectivity index (χ0v) is 7.68. The van der Waals surface area contributed by atoms with Crippen LogP contribution >= 0.6 is 0 Å². The summed E-state index contributed by atoms with van der Waals surface area (Å²) in [5.41, 5.74) is 0. The average molecular weight is 175 g/mol. The molecule has 1 rings (SSSR count). The average Bonchev–Trinajstić information content (AvgIpc) is 1.94. The quantitative estimate of drug-likeness (QED) is 0.641. The van der Waals surface area contributed by atoms with Crippen molar-refractivity contribution in [3.8, 4) is 5.75 Å². The predicted octanol–water partition coefficient (Wildman–Crippen LogP) is 2.42. The normalized spacial score (nSPS) is 6.60. The number of rotatable bonds is 0. The maximum atomic E-state index is 8.63. The molecule has 1 radical (unpaired) electrons. The Morgan fingerprint density at radius 2 is 1.40 bits per heavy atom. The number of hydrogen-bond acceptors (Lipinski definition) is 1. The molecular weight excluding hydrogens is 163 g/mol. The first kappa shape index (κ1) is 12.3. The van der Waals surface area contributed by atoms with Gasteiger partial charge in [0.1, 0.15) is 5.75 Å². The molecule has 0 amide bonds. The molecule has 0 aliphatic rings. The maximum absolute atomic E-state index is 8.63. The Labute approximate surface area is 74.0 Å². The number of phenolic OH excluding ortho intramolecular Hbond substituents is 1. The standard InChI is InChI=1S/C6H6O.C2H6.V/c7-6-4-2-1-3-5-6;1-2;/h1-5,7H;1-2H3;. The number of para-hydroxylation sites is 1. The van der Waals surface area contributed by atoms with Gasteiger partial charge >= 0.3 is 0 Å². The second-order valence-corrected chi connectivity index (χ2v) is 1.34. The van der Waals surface area contributed by atoms with Crippen LogP contribution in [-0.4, -0.2) is 5.11 Å². The molecule has 1 aromatic rings. The van der Waals surface area contributed by atoms with Crippen molar-refractivity contribution in [1.29, 1.82) is 0 Å². The first-order valence-electron chi connectivity index (χ1n) is 3.13. The summed E-state index contributed by atoms with van der Waals surface area (Å²) >= 11 is 0. The van der Waals surface area contributed by atoms with Gasteiger partial charge in [0.2, 0.25) is 0 Å².